The molecule has 2 fully saturated rings. The number of amides is 1. The van der Waals surface area contributed by atoms with Gasteiger partial charge in [-0.05, 0) is 49.6 Å². The van der Waals surface area contributed by atoms with Crippen LogP contribution in [0.5, 0.6) is 5.75 Å². The number of piperazine rings is 1. The first-order valence-corrected chi connectivity index (χ1v) is 8.19. The molecule has 5 nitrogen and oxygen atoms in total. The number of piperidine rings is 1. The molecule has 0 aromatic heterocycles. The van der Waals surface area contributed by atoms with E-state index in [4.69, 9.17) is 0 Å². The fourth-order valence-electron chi connectivity index (χ4n) is 3.36. The van der Waals surface area contributed by atoms with E-state index in [0.29, 0.717) is 5.92 Å². The van der Waals surface area contributed by atoms with E-state index in [-0.39, 0.29) is 17.7 Å². The predicted octanol–water partition coefficient (Wildman–Crippen LogP) is 1.43. The van der Waals surface area contributed by atoms with Crippen molar-refractivity contribution in [3.05, 3.63) is 24.3 Å². The molecule has 0 bridgehead atoms. The van der Waals surface area contributed by atoms with Gasteiger partial charge in [-0.15, -0.1) is 0 Å². The maximum atomic E-state index is 12.6. The number of hydrogen-bond donors (Lipinski definition) is 2. The Bertz CT molecular complexity index is 509. The zero-order chi connectivity index (χ0) is 15.5. The zero-order valence-electron chi connectivity index (χ0n) is 13.2. The van der Waals surface area contributed by atoms with Crippen LogP contribution in [-0.4, -0.2) is 54.7 Å². The van der Waals surface area contributed by atoms with Gasteiger partial charge in [0.2, 0.25) is 5.91 Å². The molecule has 2 N–H and O–H groups in total. The molecule has 3 rings (SSSR count). The van der Waals surface area contributed by atoms with E-state index < -0.39 is 0 Å². The third kappa shape index (κ3) is 3.35. The Morgan fingerprint density at radius 2 is 1.86 bits per heavy atom. The van der Waals surface area contributed by atoms with E-state index in [1.807, 2.05) is 17.0 Å². The largest absolute Gasteiger partial charge is 0.508 e. The molecule has 0 saturated carbocycles. The van der Waals surface area contributed by atoms with E-state index >= 15 is 0 Å². The number of carbonyl (C=O) groups is 1. The molecule has 2 aliphatic rings. The molecule has 1 aromatic carbocycles. The van der Waals surface area contributed by atoms with Gasteiger partial charge < -0.3 is 20.2 Å². The minimum absolute atomic E-state index is 0.00368. The van der Waals surface area contributed by atoms with Gasteiger partial charge in [-0.25, -0.2) is 0 Å². The van der Waals surface area contributed by atoms with Crippen molar-refractivity contribution in [2.45, 2.75) is 25.8 Å². The Balaban J connectivity index is 1.55. The second-order valence-electron chi connectivity index (χ2n) is 6.46. The molecule has 2 aliphatic heterocycles. The van der Waals surface area contributed by atoms with Gasteiger partial charge in [0.25, 0.3) is 0 Å². The van der Waals surface area contributed by atoms with Crippen LogP contribution in [0.1, 0.15) is 19.8 Å². The number of phenolic OH excluding ortho intramolecular Hbond substituents is 1. The second-order valence-corrected chi connectivity index (χ2v) is 6.46. The third-order valence-electron chi connectivity index (χ3n) is 4.77. The lowest BCUT2D eigenvalue weighted by atomic mass is 9.93. The highest BCUT2D eigenvalue weighted by Gasteiger charge is 2.30. The molecule has 120 valence electrons. The van der Waals surface area contributed by atoms with E-state index in [9.17, 15) is 9.90 Å². The number of nitrogens with zero attached hydrogens (tertiary/aromatic N) is 2. The number of carbonyl (C=O) groups excluding carboxylic acids is 1. The highest BCUT2D eigenvalue weighted by molar-refractivity contribution is 5.82. The van der Waals surface area contributed by atoms with Crippen LogP contribution in [0.15, 0.2) is 24.3 Å². The summed E-state index contributed by atoms with van der Waals surface area (Å²) < 4.78 is 0. The molecule has 0 radical (unpaired) electrons. The van der Waals surface area contributed by atoms with Crippen molar-refractivity contribution in [3.63, 3.8) is 0 Å². The summed E-state index contributed by atoms with van der Waals surface area (Å²) >= 11 is 0. The van der Waals surface area contributed by atoms with Crippen molar-refractivity contribution in [2.75, 3.05) is 37.6 Å². The smallest absolute Gasteiger partial charge is 0.239 e. The summed E-state index contributed by atoms with van der Waals surface area (Å²) in [7, 11) is 0. The molecular weight excluding hydrogens is 278 g/mol. The maximum absolute atomic E-state index is 12.6. The molecule has 5 heteroatoms. The molecule has 2 unspecified atom stereocenters. The van der Waals surface area contributed by atoms with E-state index in [0.717, 1.165) is 44.8 Å². The predicted molar refractivity (Wildman–Crippen MR) is 87.1 cm³/mol. The number of aromatic hydroxyl groups is 1. The van der Waals surface area contributed by atoms with Gasteiger partial charge in [0.1, 0.15) is 5.75 Å². The third-order valence-corrected chi connectivity index (χ3v) is 4.77. The minimum atomic E-state index is 0.00368. The molecular formula is C17H25N3O2. The summed E-state index contributed by atoms with van der Waals surface area (Å²) in [6, 6.07) is 7.28. The molecule has 1 aromatic rings. The summed E-state index contributed by atoms with van der Waals surface area (Å²) in [6.07, 6.45) is 2.12. The normalized spacial score (nSPS) is 26.0. The summed E-state index contributed by atoms with van der Waals surface area (Å²) in [6.45, 7) is 6.41. The Morgan fingerprint density at radius 3 is 2.50 bits per heavy atom. The SMILES string of the molecule is CC1CCNC(C(=O)N2CCN(c3ccc(O)cc3)CC2)C1. The van der Waals surface area contributed by atoms with Crippen molar-refractivity contribution in [2.24, 2.45) is 5.92 Å². The fourth-order valence-corrected chi connectivity index (χ4v) is 3.36. The summed E-state index contributed by atoms with van der Waals surface area (Å²) in [5, 5.41) is 12.7. The van der Waals surface area contributed by atoms with Crippen LogP contribution in [0, 0.1) is 5.92 Å². The zero-order valence-corrected chi connectivity index (χ0v) is 13.2. The highest BCUT2D eigenvalue weighted by atomic mass is 16.3. The lowest BCUT2D eigenvalue weighted by molar-refractivity contribution is -0.134. The van der Waals surface area contributed by atoms with Crippen LogP contribution < -0.4 is 10.2 Å². The lowest BCUT2D eigenvalue weighted by Crippen LogP contribution is -2.55. The second kappa shape index (κ2) is 6.57. The summed E-state index contributed by atoms with van der Waals surface area (Å²) in [4.78, 5) is 16.9. The molecule has 1 amide bonds. The number of anilines is 1. The molecule has 0 aliphatic carbocycles. The molecule has 22 heavy (non-hydrogen) atoms. The number of nitrogens with one attached hydrogen (secondary N) is 1. The van der Waals surface area contributed by atoms with Gasteiger partial charge in [-0.3, -0.25) is 4.79 Å². The first kappa shape index (κ1) is 15.2. The first-order chi connectivity index (χ1) is 10.6. The van der Waals surface area contributed by atoms with Gasteiger partial charge in [0.15, 0.2) is 0 Å². The number of hydrogen-bond acceptors (Lipinski definition) is 4. The standard InChI is InChI=1S/C17H25N3O2/c1-13-6-7-18-16(12-13)17(22)20-10-8-19(9-11-20)14-2-4-15(21)5-3-14/h2-5,13,16,18,21H,6-12H2,1H3. The Kier molecular flexibility index (Phi) is 4.52. The van der Waals surface area contributed by atoms with Crippen molar-refractivity contribution in [1.82, 2.24) is 10.2 Å². The molecule has 2 saturated heterocycles. The van der Waals surface area contributed by atoms with Crippen molar-refractivity contribution in [3.8, 4) is 5.75 Å². The van der Waals surface area contributed by atoms with Crippen LogP contribution in [0.4, 0.5) is 5.69 Å². The van der Waals surface area contributed by atoms with Crippen LogP contribution in [0.2, 0.25) is 0 Å². The van der Waals surface area contributed by atoms with Crippen molar-refractivity contribution < 1.29 is 9.90 Å². The summed E-state index contributed by atoms with van der Waals surface area (Å²) in [5.41, 5.74) is 1.11. The van der Waals surface area contributed by atoms with E-state index in [2.05, 4.69) is 17.1 Å². The van der Waals surface area contributed by atoms with Gasteiger partial charge in [0, 0.05) is 31.9 Å². The number of benzene rings is 1. The van der Waals surface area contributed by atoms with Crippen molar-refractivity contribution >= 4 is 11.6 Å². The molecule has 0 spiro atoms. The average molecular weight is 303 g/mol. The molecule has 2 heterocycles. The van der Waals surface area contributed by atoms with Crippen molar-refractivity contribution in [1.29, 1.82) is 0 Å². The number of rotatable bonds is 2. The van der Waals surface area contributed by atoms with Gasteiger partial charge >= 0.3 is 0 Å². The highest BCUT2D eigenvalue weighted by Crippen LogP contribution is 2.21. The van der Waals surface area contributed by atoms with Crippen LogP contribution in [-0.2, 0) is 4.79 Å². The lowest BCUT2D eigenvalue weighted by Gasteiger charge is -2.39. The maximum Gasteiger partial charge on any atom is 0.239 e. The van der Waals surface area contributed by atoms with Gasteiger partial charge in [-0.2, -0.15) is 0 Å². The minimum Gasteiger partial charge on any atom is -0.508 e. The molecule has 2 atom stereocenters. The van der Waals surface area contributed by atoms with Crippen LogP contribution in [0.3, 0.4) is 0 Å². The van der Waals surface area contributed by atoms with E-state index in [1.165, 1.54) is 6.42 Å². The van der Waals surface area contributed by atoms with Crippen LogP contribution in [0.25, 0.3) is 0 Å². The fraction of sp³-hybridized carbons (Fsp3) is 0.588. The summed E-state index contributed by atoms with van der Waals surface area (Å²) in [5.74, 6) is 1.18. The van der Waals surface area contributed by atoms with Gasteiger partial charge in [-0.1, -0.05) is 6.92 Å². The van der Waals surface area contributed by atoms with Crippen LogP contribution >= 0.6 is 0 Å². The Morgan fingerprint density at radius 1 is 1.18 bits per heavy atom. The quantitative estimate of drug-likeness (QED) is 0.868. The van der Waals surface area contributed by atoms with E-state index in [1.54, 1.807) is 12.1 Å². The monoisotopic (exact) mass is 303 g/mol. The van der Waals surface area contributed by atoms with Gasteiger partial charge in [0.05, 0.1) is 6.04 Å². The topological polar surface area (TPSA) is 55.8 Å². The number of phenols is 1. The first-order valence-electron chi connectivity index (χ1n) is 8.19. The Hall–Kier alpha value is -1.75. The average Bonchev–Trinajstić information content (AvgIpc) is 2.55. The Labute approximate surface area is 131 Å².